The minimum absolute atomic E-state index is 0.414. The van der Waals surface area contributed by atoms with E-state index in [0.29, 0.717) is 0 Å². The molecular weight excluding hydrogens is 194 g/mol. The molecular formula is C8H8ClNOS. The van der Waals surface area contributed by atoms with Crippen molar-refractivity contribution in [3.8, 4) is 0 Å². The van der Waals surface area contributed by atoms with Gasteiger partial charge < -0.3 is 4.90 Å². The van der Waals surface area contributed by atoms with Crippen LogP contribution in [-0.2, 0) is 10.8 Å². The number of anilines is 1. The zero-order valence-electron chi connectivity index (χ0n) is 6.53. The molecule has 4 heteroatoms. The highest BCUT2D eigenvalue weighted by Crippen LogP contribution is 2.35. The Bertz CT molecular complexity index is 342. The fraction of sp³-hybridized carbons (Fsp3) is 0.250. The Hall–Kier alpha value is -0.540. The Kier molecular flexibility index (Phi) is 1.85. The minimum Gasteiger partial charge on any atom is -0.347 e. The van der Waals surface area contributed by atoms with Crippen LogP contribution in [0.4, 0.5) is 5.69 Å². The summed E-state index contributed by atoms with van der Waals surface area (Å²) < 4.78 is 11.5. The van der Waals surface area contributed by atoms with Crippen LogP contribution in [0.5, 0.6) is 0 Å². The number of benzene rings is 1. The number of alkyl halides is 1. The molecule has 1 heterocycles. The summed E-state index contributed by atoms with van der Waals surface area (Å²) in [6, 6.07) is 7.57. The van der Waals surface area contributed by atoms with Crippen molar-refractivity contribution >= 4 is 28.1 Å². The normalized spacial score (nSPS) is 27.3. The lowest BCUT2D eigenvalue weighted by molar-refractivity contribution is 0.683. The third-order valence-electron chi connectivity index (χ3n) is 1.94. The molecule has 0 aliphatic carbocycles. The zero-order valence-corrected chi connectivity index (χ0v) is 8.10. The van der Waals surface area contributed by atoms with Crippen LogP contribution < -0.4 is 4.90 Å². The van der Waals surface area contributed by atoms with E-state index >= 15 is 0 Å². The van der Waals surface area contributed by atoms with Crippen molar-refractivity contribution in [2.24, 2.45) is 0 Å². The Morgan fingerprint density at radius 2 is 2.17 bits per heavy atom. The summed E-state index contributed by atoms with van der Waals surface area (Å²) in [7, 11) is 0.767. The van der Waals surface area contributed by atoms with Crippen LogP contribution in [0, 0.1) is 0 Å². The standard InChI is InChI=1S/C8H8ClNOS/c1-10-6-4-2-3-5-7(6)12(11)8(10)9/h2-5,8H,1H3. The molecule has 2 nitrogen and oxygen atoms in total. The summed E-state index contributed by atoms with van der Waals surface area (Å²) in [5.41, 5.74) is 0.968. The van der Waals surface area contributed by atoms with Crippen molar-refractivity contribution in [3.63, 3.8) is 0 Å². The average molecular weight is 202 g/mol. The zero-order chi connectivity index (χ0) is 8.72. The molecule has 64 valence electrons. The molecule has 0 aromatic heterocycles. The molecule has 1 aromatic carbocycles. The maximum absolute atomic E-state index is 11.5. The summed E-state index contributed by atoms with van der Waals surface area (Å²) in [5.74, 6) is 0. The van der Waals surface area contributed by atoms with Crippen molar-refractivity contribution in [2.75, 3.05) is 11.9 Å². The number of halogens is 1. The number of fused-ring (bicyclic) bond motifs is 1. The van der Waals surface area contributed by atoms with Crippen LogP contribution in [0.15, 0.2) is 29.2 Å². The summed E-state index contributed by atoms with van der Waals surface area (Å²) in [6.07, 6.45) is 0. The molecule has 12 heavy (non-hydrogen) atoms. The van der Waals surface area contributed by atoms with Gasteiger partial charge in [-0.1, -0.05) is 23.7 Å². The first kappa shape index (κ1) is 8.08. The highest BCUT2D eigenvalue weighted by atomic mass is 35.5. The van der Waals surface area contributed by atoms with Crippen molar-refractivity contribution in [2.45, 2.75) is 9.73 Å². The number of hydrogen-bond acceptors (Lipinski definition) is 2. The largest absolute Gasteiger partial charge is 0.347 e. The van der Waals surface area contributed by atoms with E-state index in [-0.39, 0.29) is 0 Å². The summed E-state index contributed by atoms with van der Waals surface area (Å²) >= 11 is 5.90. The molecule has 0 fully saturated rings. The van der Waals surface area contributed by atoms with Gasteiger partial charge in [-0.25, -0.2) is 0 Å². The first-order valence-corrected chi connectivity index (χ1v) is 5.23. The maximum Gasteiger partial charge on any atom is 0.184 e. The van der Waals surface area contributed by atoms with E-state index < -0.39 is 15.6 Å². The SMILES string of the molecule is CN1c2ccccc2S(=O)C1Cl. The van der Waals surface area contributed by atoms with Gasteiger partial charge >= 0.3 is 0 Å². The van der Waals surface area contributed by atoms with Crippen LogP contribution in [-0.4, -0.2) is 16.1 Å². The highest BCUT2D eigenvalue weighted by Gasteiger charge is 2.31. The Morgan fingerprint density at radius 1 is 1.50 bits per heavy atom. The quantitative estimate of drug-likeness (QED) is 0.471. The number of nitrogens with zero attached hydrogens (tertiary/aromatic N) is 1. The van der Waals surface area contributed by atoms with E-state index in [1.165, 1.54) is 0 Å². The van der Waals surface area contributed by atoms with Crippen LogP contribution >= 0.6 is 11.6 Å². The third kappa shape index (κ3) is 0.967. The lowest BCUT2D eigenvalue weighted by Gasteiger charge is -2.13. The number of hydrogen-bond donors (Lipinski definition) is 0. The Balaban J connectivity index is 2.59. The predicted octanol–water partition coefficient (Wildman–Crippen LogP) is 1.77. The second kappa shape index (κ2) is 2.75. The van der Waals surface area contributed by atoms with Crippen molar-refractivity contribution < 1.29 is 4.21 Å². The molecule has 2 atom stereocenters. The van der Waals surface area contributed by atoms with E-state index in [4.69, 9.17) is 11.6 Å². The van der Waals surface area contributed by atoms with E-state index in [1.54, 1.807) is 0 Å². The van der Waals surface area contributed by atoms with Gasteiger partial charge in [-0.05, 0) is 12.1 Å². The van der Waals surface area contributed by atoms with Gasteiger partial charge in [-0.3, -0.25) is 4.21 Å². The van der Waals surface area contributed by atoms with Gasteiger partial charge in [0.25, 0.3) is 0 Å². The molecule has 0 amide bonds. The van der Waals surface area contributed by atoms with E-state index in [9.17, 15) is 4.21 Å². The van der Waals surface area contributed by atoms with Gasteiger partial charge in [0.15, 0.2) is 4.83 Å². The first-order chi connectivity index (χ1) is 5.72. The van der Waals surface area contributed by atoms with E-state index in [0.717, 1.165) is 10.6 Å². The summed E-state index contributed by atoms with van der Waals surface area (Å²) in [4.78, 5) is 2.25. The van der Waals surface area contributed by atoms with Crippen molar-refractivity contribution in [1.29, 1.82) is 0 Å². The van der Waals surface area contributed by atoms with Crippen molar-refractivity contribution in [3.05, 3.63) is 24.3 Å². The predicted molar refractivity (Wildman–Crippen MR) is 50.9 cm³/mol. The lowest BCUT2D eigenvalue weighted by Crippen LogP contribution is -2.23. The van der Waals surface area contributed by atoms with E-state index in [1.807, 2.05) is 36.2 Å². The molecule has 0 bridgehead atoms. The molecule has 0 N–H and O–H groups in total. The average Bonchev–Trinajstić information content (AvgIpc) is 2.33. The second-order valence-electron chi connectivity index (χ2n) is 2.67. The lowest BCUT2D eigenvalue weighted by atomic mass is 10.3. The Morgan fingerprint density at radius 3 is 2.83 bits per heavy atom. The third-order valence-corrected chi connectivity index (χ3v) is 4.17. The van der Waals surface area contributed by atoms with Crippen LogP contribution in [0.2, 0.25) is 0 Å². The minimum atomic E-state index is -1.08. The van der Waals surface area contributed by atoms with Gasteiger partial charge in [0.05, 0.1) is 21.4 Å². The highest BCUT2D eigenvalue weighted by molar-refractivity contribution is 7.87. The van der Waals surface area contributed by atoms with Crippen LogP contribution in [0.25, 0.3) is 0 Å². The topological polar surface area (TPSA) is 20.3 Å². The smallest absolute Gasteiger partial charge is 0.184 e. The number of para-hydroxylation sites is 1. The van der Waals surface area contributed by atoms with Crippen molar-refractivity contribution in [1.82, 2.24) is 0 Å². The summed E-state index contributed by atoms with van der Waals surface area (Å²) in [6.45, 7) is 0. The van der Waals surface area contributed by atoms with Gasteiger partial charge in [0.2, 0.25) is 0 Å². The second-order valence-corrected chi connectivity index (χ2v) is 4.82. The van der Waals surface area contributed by atoms with Gasteiger partial charge in [0.1, 0.15) is 0 Å². The molecule has 1 aromatic rings. The monoisotopic (exact) mass is 201 g/mol. The fourth-order valence-corrected chi connectivity index (χ4v) is 2.91. The molecule has 1 aliphatic rings. The van der Waals surface area contributed by atoms with Gasteiger partial charge in [-0.2, -0.15) is 0 Å². The van der Waals surface area contributed by atoms with Crippen LogP contribution in [0.3, 0.4) is 0 Å². The Labute approximate surface area is 78.6 Å². The van der Waals surface area contributed by atoms with Crippen LogP contribution in [0.1, 0.15) is 0 Å². The molecule has 0 spiro atoms. The van der Waals surface area contributed by atoms with Gasteiger partial charge in [0, 0.05) is 7.05 Å². The molecule has 1 aliphatic heterocycles. The summed E-state index contributed by atoms with van der Waals surface area (Å²) in [5, 5.41) is 0. The molecule has 2 rings (SSSR count). The number of rotatable bonds is 0. The molecule has 2 unspecified atom stereocenters. The molecule has 0 radical (unpaired) electrons. The van der Waals surface area contributed by atoms with Gasteiger partial charge in [-0.15, -0.1) is 0 Å². The maximum atomic E-state index is 11.5. The molecule has 0 saturated heterocycles. The van der Waals surface area contributed by atoms with E-state index in [2.05, 4.69) is 0 Å². The fourth-order valence-electron chi connectivity index (χ4n) is 1.28. The first-order valence-electron chi connectivity index (χ1n) is 3.58. The molecule has 0 saturated carbocycles.